The highest BCUT2D eigenvalue weighted by atomic mass is 16.5. The quantitative estimate of drug-likeness (QED) is 0.480. The van der Waals surface area contributed by atoms with E-state index in [1.165, 1.54) is 0 Å². The smallest absolute Gasteiger partial charge is 0.247 e. The van der Waals surface area contributed by atoms with E-state index >= 15 is 0 Å². The first-order valence-corrected chi connectivity index (χ1v) is 12.1. The molecule has 186 valence electrons. The second-order valence-electron chi connectivity index (χ2n) is 9.24. The molecule has 8 heteroatoms. The molecule has 2 aliphatic rings. The Morgan fingerprint density at radius 2 is 1.82 bits per heavy atom. The van der Waals surface area contributed by atoms with Gasteiger partial charge in [-0.05, 0) is 42.5 Å². The number of fused-ring (bicyclic) bond motifs is 1. The molecule has 1 heterocycles. The maximum absolute atomic E-state index is 13.9. The van der Waals surface area contributed by atoms with Crippen LogP contribution in [0.15, 0.2) is 36.4 Å². The van der Waals surface area contributed by atoms with Gasteiger partial charge in [0.1, 0.15) is 11.8 Å². The number of aliphatic hydroxyl groups is 1. The summed E-state index contributed by atoms with van der Waals surface area (Å²) in [5.41, 5.74) is 0.583. The molecule has 0 bridgehead atoms. The molecular formula is C26H37N3O5. The van der Waals surface area contributed by atoms with Crippen molar-refractivity contribution in [1.29, 1.82) is 0 Å². The van der Waals surface area contributed by atoms with E-state index in [4.69, 9.17) is 4.74 Å². The largest absolute Gasteiger partial charge is 0.497 e. The summed E-state index contributed by atoms with van der Waals surface area (Å²) in [4.78, 5) is 42.0. The molecule has 0 spiro atoms. The number of benzene rings is 1. The standard InChI is InChI=1S/C26H37N3O5/c1-6-15(3)20(14-30)29-23(25(32)28-17-9-11-18(34-5)12-10-17)19-13-8-16(7-2)21(24(31)27-4)22(19)26(29)33/h8-13,15-16,19-23,30H,6-7,14H2,1-5H3,(H,27,31)(H,28,32)/t15-,16+,19-,20-,21+,22-,23-/m0/s1. The van der Waals surface area contributed by atoms with Crippen LogP contribution in [0.4, 0.5) is 5.69 Å². The van der Waals surface area contributed by atoms with Crippen molar-refractivity contribution in [3.05, 3.63) is 36.4 Å². The van der Waals surface area contributed by atoms with Crippen LogP contribution in [0.1, 0.15) is 33.6 Å². The summed E-state index contributed by atoms with van der Waals surface area (Å²) in [6, 6.07) is 5.63. The summed E-state index contributed by atoms with van der Waals surface area (Å²) in [5, 5.41) is 15.9. The summed E-state index contributed by atoms with van der Waals surface area (Å²) < 4.78 is 5.19. The number of likely N-dealkylation sites (tertiary alicyclic amines) is 1. The Kier molecular flexibility index (Phi) is 8.36. The van der Waals surface area contributed by atoms with Crippen LogP contribution in [-0.2, 0) is 14.4 Å². The van der Waals surface area contributed by atoms with Gasteiger partial charge in [-0.15, -0.1) is 0 Å². The van der Waals surface area contributed by atoms with Gasteiger partial charge in [-0.2, -0.15) is 0 Å². The maximum atomic E-state index is 13.9. The number of aliphatic hydroxyl groups excluding tert-OH is 1. The van der Waals surface area contributed by atoms with Crippen molar-refractivity contribution in [2.24, 2.45) is 29.6 Å². The Balaban J connectivity index is 2.04. The number of hydrogen-bond acceptors (Lipinski definition) is 5. The number of ether oxygens (including phenoxy) is 1. The van der Waals surface area contributed by atoms with Crippen LogP contribution in [0.2, 0.25) is 0 Å². The number of nitrogens with one attached hydrogen (secondary N) is 2. The Morgan fingerprint density at radius 3 is 2.35 bits per heavy atom. The van der Waals surface area contributed by atoms with Crippen molar-refractivity contribution in [3.63, 3.8) is 0 Å². The SMILES string of the molecule is CC[C@H](C)[C@H](CO)N1C(=O)[C@H]2[C@H](C=C[C@@H](CC)[C@H]2C(=O)NC)[C@H]1C(=O)Nc1ccc(OC)cc1. The molecular weight excluding hydrogens is 434 g/mol. The minimum atomic E-state index is -0.827. The van der Waals surface area contributed by atoms with Crippen LogP contribution in [0, 0.1) is 29.6 Å². The van der Waals surface area contributed by atoms with E-state index in [1.54, 1.807) is 43.3 Å². The number of anilines is 1. The molecule has 7 atom stereocenters. The van der Waals surface area contributed by atoms with Gasteiger partial charge in [0, 0.05) is 18.7 Å². The van der Waals surface area contributed by atoms with Gasteiger partial charge in [0.05, 0.1) is 31.6 Å². The van der Waals surface area contributed by atoms with Crippen LogP contribution >= 0.6 is 0 Å². The van der Waals surface area contributed by atoms with Gasteiger partial charge in [-0.3, -0.25) is 14.4 Å². The topological polar surface area (TPSA) is 108 Å². The van der Waals surface area contributed by atoms with Crippen LogP contribution in [-0.4, -0.2) is 60.6 Å². The van der Waals surface area contributed by atoms with Crippen molar-refractivity contribution < 1.29 is 24.2 Å². The number of carbonyl (C=O) groups is 3. The second-order valence-corrected chi connectivity index (χ2v) is 9.24. The minimum Gasteiger partial charge on any atom is -0.497 e. The highest BCUT2D eigenvalue weighted by Gasteiger charge is 2.58. The average Bonchev–Trinajstić information content (AvgIpc) is 3.15. The van der Waals surface area contributed by atoms with E-state index in [9.17, 15) is 19.5 Å². The maximum Gasteiger partial charge on any atom is 0.247 e. The van der Waals surface area contributed by atoms with Gasteiger partial charge in [0.2, 0.25) is 17.7 Å². The third-order valence-corrected chi connectivity index (χ3v) is 7.54. The number of allylic oxidation sites excluding steroid dienone is 1. The average molecular weight is 472 g/mol. The predicted molar refractivity (Wildman–Crippen MR) is 130 cm³/mol. The Labute approximate surface area is 201 Å². The summed E-state index contributed by atoms with van der Waals surface area (Å²) in [7, 11) is 3.14. The van der Waals surface area contributed by atoms with E-state index in [-0.39, 0.29) is 36.2 Å². The van der Waals surface area contributed by atoms with E-state index < -0.39 is 29.8 Å². The van der Waals surface area contributed by atoms with E-state index in [1.807, 2.05) is 32.9 Å². The number of nitrogens with zero attached hydrogens (tertiary/aromatic N) is 1. The first-order valence-electron chi connectivity index (χ1n) is 12.1. The molecule has 0 saturated carbocycles. The van der Waals surface area contributed by atoms with Crippen molar-refractivity contribution in [2.75, 3.05) is 26.1 Å². The van der Waals surface area contributed by atoms with Gasteiger partial charge >= 0.3 is 0 Å². The summed E-state index contributed by atoms with van der Waals surface area (Å²) in [6.07, 6.45) is 5.36. The molecule has 0 unspecified atom stereocenters. The lowest BCUT2D eigenvalue weighted by molar-refractivity contribution is -0.143. The number of hydrogen-bond donors (Lipinski definition) is 3. The highest BCUT2D eigenvalue weighted by molar-refractivity contribution is 6.02. The van der Waals surface area contributed by atoms with Gasteiger partial charge in [-0.25, -0.2) is 0 Å². The molecule has 3 amide bonds. The van der Waals surface area contributed by atoms with Crippen LogP contribution in [0.25, 0.3) is 0 Å². The van der Waals surface area contributed by atoms with E-state index in [0.717, 1.165) is 6.42 Å². The van der Waals surface area contributed by atoms with Crippen molar-refractivity contribution >= 4 is 23.4 Å². The molecule has 1 aromatic rings. The minimum absolute atomic E-state index is 0.0187. The third kappa shape index (κ3) is 4.69. The fraction of sp³-hybridized carbons (Fsp3) is 0.577. The highest BCUT2D eigenvalue weighted by Crippen LogP contribution is 2.46. The van der Waals surface area contributed by atoms with E-state index in [2.05, 4.69) is 10.6 Å². The first-order chi connectivity index (χ1) is 16.3. The fourth-order valence-corrected chi connectivity index (χ4v) is 5.42. The number of rotatable bonds is 9. The molecule has 0 aromatic heterocycles. The van der Waals surface area contributed by atoms with E-state index in [0.29, 0.717) is 17.9 Å². The summed E-state index contributed by atoms with van der Waals surface area (Å²) in [6.45, 7) is 5.70. The van der Waals surface area contributed by atoms with Crippen molar-refractivity contribution in [2.45, 2.75) is 45.7 Å². The number of carbonyl (C=O) groups excluding carboxylic acids is 3. The molecule has 1 aliphatic heterocycles. The number of methoxy groups -OCH3 is 1. The van der Waals surface area contributed by atoms with Crippen molar-refractivity contribution in [1.82, 2.24) is 10.2 Å². The molecule has 1 saturated heterocycles. The van der Waals surface area contributed by atoms with Crippen LogP contribution < -0.4 is 15.4 Å². The first kappa shape index (κ1) is 25.7. The van der Waals surface area contributed by atoms with Gasteiger partial charge < -0.3 is 25.4 Å². The summed E-state index contributed by atoms with van der Waals surface area (Å²) in [5.74, 6) is -1.88. The fourth-order valence-electron chi connectivity index (χ4n) is 5.42. The van der Waals surface area contributed by atoms with Crippen LogP contribution in [0.3, 0.4) is 0 Å². The van der Waals surface area contributed by atoms with Gasteiger partial charge in [-0.1, -0.05) is 39.3 Å². The van der Waals surface area contributed by atoms with Crippen LogP contribution in [0.5, 0.6) is 5.75 Å². The summed E-state index contributed by atoms with van der Waals surface area (Å²) >= 11 is 0. The zero-order chi connectivity index (χ0) is 25.0. The number of amides is 3. The zero-order valence-corrected chi connectivity index (χ0v) is 20.7. The van der Waals surface area contributed by atoms with Crippen molar-refractivity contribution in [3.8, 4) is 5.75 Å². The lowest BCUT2D eigenvalue weighted by atomic mass is 9.69. The molecule has 8 nitrogen and oxygen atoms in total. The third-order valence-electron chi connectivity index (χ3n) is 7.54. The lowest BCUT2D eigenvalue weighted by Gasteiger charge is -2.36. The molecule has 3 N–H and O–H groups in total. The zero-order valence-electron chi connectivity index (χ0n) is 20.7. The Hall–Kier alpha value is -2.87. The Bertz CT molecular complexity index is 916. The monoisotopic (exact) mass is 471 g/mol. The second kappa shape index (κ2) is 11.0. The van der Waals surface area contributed by atoms with Gasteiger partial charge in [0.25, 0.3) is 0 Å². The molecule has 1 aromatic carbocycles. The lowest BCUT2D eigenvalue weighted by Crippen LogP contribution is -2.52. The molecule has 34 heavy (non-hydrogen) atoms. The normalized spacial score (nSPS) is 27.6. The molecule has 1 fully saturated rings. The molecule has 0 radical (unpaired) electrons. The Morgan fingerprint density at radius 1 is 1.15 bits per heavy atom. The predicted octanol–water partition coefficient (Wildman–Crippen LogP) is 2.44. The molecule has 3 rings (SSSR count). The molecule has 1 aliphatic carbocycles. The van der Waals surface area contributed by atoms with Gasteiger partial charge in [0.15, 0.2) is 0 Å².